The zero-order valence-corrected chi connectivity index (χ0v) is 12.8. The molecule has 0 bridgehead atoms. The van der Waals surface area contributed by atoms with Gasteiger partial charge in [0, 0.05) is 35.6 Å². The zero-order chi connectivity index (χ0) is 15.4. The number of anilines is 1. The molecule has 1 aromatic carbocycles. The van der Waals surface area contributed by atoms with E-state index in [0.717, 1.165) is 27.8 Å². The normalized spacial score (nSPS) is 12.3. The third-order valence-corrected chi connectivity index (χ3v) is 3.57. The number of benzene rings is 1. The number of aromatic nitrogens is 1. The molecule has 1 aromatic heterocycles. The molecule has 0 fully saturated rings. The number of rotatable bonds is 6. The van der Waals surface area contributed by atoms with Crippen LogP contribution in [0.3, 0.4) is 0 Å². The molecule has 7 heteroatoms. The topological polar surface area (TPSA) is 91.4 Å². The molecule has 0 amide bonds. The number of esters is 1. The molecule has 0 saturated carbocycles. The lowest BCUT2D eigenvalue weighted by Gasteiger charge is -2.06. The molecule has 0 aliphatic carbocycles. The lowest BCUT2D eigenvalue weighted by Crippen LogP contribution is -2.06. The van der Waals surface area contributed by atoms with Crippen LogP contribution in [0.1, 0.15) is 18.2 Å². The fourth-order valence-corrected chi connectivity index (χ4v) is 2.55. The van der Waals surface area contributed by atoms with Crippen molar-refractivity contribution in [2.75, 3.05) is 17.8 Å². The minimum atomic E-state index is -1.89. The van der Waals surface area contributed by atoms with Crippen LogP contribution in [0.4, 0.5) is 5.69 Å². The van der Waals surface area contributed by atoms with E-state index < -0.39 is 11.1 Å². The summed E-state index contributed by atoms with van der Waals surface area (Å²) in [4.78, 5) is 14.1. The summed E-state index contributed by atoms with van der Waals surface area (Å²) in [6, 6.07) is 5.69. The van der Waals surface area contributed by atoms with Gasteiger partial charge in [-0.25, -0.2) is 4.21 Å². The standard InChI is InChI=1S/C14H18N2O4S/c1-9-12(5-6-20-10(2)17)13-7-11(15-8-21(18)19)3-4-14(13)16-9/h3-4,7,15-16H,5-6,8H2,1-2H3,(H,18,19). The molecular weight excluding hydrogens is 292 g/mol. The van der Waals surface area contributed by atoms with Gasteiger partial charge in [-0.1, -0.05) is 0 Å². The molecule has 2 aromatic rings. The smallest absolute Gasteiger partial charge is 0.302 e. The van der Waals surface area contributed by atoms with Crippen molar-refractivity contribution in [3.63, 3.8) is 0 Å². The Labute approximate surface area is 125 Å². The van der Waals surface area contributed by atoms with Crippen molar-refractivity contribution in [1.29, 1.82) is 0 Å². The summed E-state index contributed by atoms with van der Waals surface area (Å²) in [6.45, 7) is 3.69. The molecule has 114 valence electrons. The van der Waals surface area contributed by atoms with Gasteiger partial charge < -0.3 is 19.6 Å². The van der Waals surface area contributed by atoms with Gasteiger partial charge in [0.25, 0.3) is 0 Å². The van der Waals surface area contributed by atoms with Gasteiger partial charge in [-0.3, -0.25) is 4.79 Å². The van der Waals surface area contributed by atoms with E-state index in [1.165, 1.54) is 6.92 Å². The van der Waals surface area contributed by atoms with Crippen LogP contribution in [0.25, 0.3) is 10.9 Å². The number of hydrogen-bond acceptors (Lipinski definition) is 4. The quantitative estimate of drug-likeness (QED) is 0.562. The number of ether oxygens (including phenoxy) is 1. The number of aromatic amines is 1. The second kappa shape index (κ2) is 6.73. The van der Waals surface area contributed by atoms with Gasteiger partial charge in [-0.2, -0.15) is 0 Å². The van der Waals surface area contributed by atoms with Crippen LogP contribution in [-0.2, 0) is 27.0 Å². The van der Waals surface area contributed by atoms with Crippen molar-refractivity contribution >= 4 is 33.6 Å². The monoisotopic (exact) mass is 310 g/mol. The van der Waals surface area contributed by atoms with Crippen molar-refractivity contribution in [3.05, 3.63) is 29.5 Å². The molecule has 0 radical (unpaired) electrons. The molecule has 1 atom stereocenters. The van der Waals surface area contributed by atoms with Gasteiger partial charge in [0.05, 0.1) is 6.61 Å². The molecular formula is C14H18N2O4S. The Morgan fingerprint density at radius 1 is 1.48 bits per heavy atom. The maximum atomic E-state index is 10.8. The number of fused-ring (bicyclic) bond motifs is 1. The number of H-pyrrole nitrogens is 1. The molecule has 0 aliphatic heterocycles. The second-order valence-electron chi connectivity index (χ2n) is 4.72. The van der Waals surface area contributed by atoms with Crippen LogP contribution in [0.15, 0.2) is 18.2 Å². The van der Waals surface area contributed by atoms with Crippen LogP contribution in [0, 0.1) is 6.92 Å². The summed E-state index contributed by atoms with van der Waals surface area (Å²) < 4.78 is 24.5. The Bertz CT molecular complexity index is 681. The van der Waals surface area contributed by atoms with E-state index in [1.807, 2.05) is 25.1 Å². The molecule has 1 unspecified atom stereocenters. The molecule has 0 aliphatic rings. The van der Waals surface area contributed by atoms with E-state index in [9.17, 15) is 9.00 Å². The third kappa shape index (κ3) is 4.05. The van der Waals surface area contributed by atoms with Crippen molar-refractivity contribution in [3.8, 4) is 0 Å². The first kappa shape index (κ1) is 15.5. The average molecular weight is 310 g/mol. The van der Waals surface area contributed by atoms with Gasteiger partial charge in [0.1, 0.15) is 5.88 Å². The van der Waals surface area contributed by atoms with Crippen LogP contribution >= 0.6 is 0 Å². The van der Waals surface area contributed by atoms with Crippen molar-refractivity contribution in [2.45, 2.75) is 20.3 Å². The summed E-state index contributed by atoms with van der Waals surface area (Å²) in [5.41, 5.74) is 3.87. The first-order chi connectivity index (χ1) is 9.97. The van der Waals surface area contributed by atoms with Crippen molar-refractivity contribution < 1.29 is 18.3 Å². The molecule has 0 saturated heterocycles. The summed E-state index contributed by atoms with van der Waals surface area (Å²) in [5, 5.41) is 3.92. The van der Waals surface area contributed by atoms with Gasteiger partial charge in [0.2, 0.25) is 0 Å². The molecule has 21 heavy (non-hydrogen) atoms. The van der Waals surface area contributed by atoms with Crippen molar-refractivity contribution in [1.82, 2.24) is 4.98 Å². The summed E-state index contributed by atoms with van der Waals surface area (Å²) >= 11 is -1.89. The number of carbonyl (C=O) groups is 1. The summed E-state index contributed by atoms with van der Waals surface area (Å²) in [5.74, 6) is -0.308. The number of nitrogens with one attached hydrogen (secondary N) is 2. The lowest BCUT2D eigenvalue weighted by atomic mass is 10.1. The van der Waals surface area contributed by atoms with Gasteiger partial charge in [-0.05, 0) is 30.7 Å². The Morgan fingerprint density at radius 2 is 2.24 bits per heavy atom. The zero-order valence-electron chi connectivity index (χ0n) is 11.9. The fourth-order valence-electron chi connectivity index (χ4n) is 2.26. The van der Waals surface area contributed by atoms with Crippen LogP contribution in [0.2, 0.25) is 0 Å². The van der Waals surface area contributed by atoms with E-state index in [4.69, 9.17) is 9.29 Å². The Balaban J connectivity index is 2.22. The minimum Gasteiger partial charge on any atom is -0.466 e. The SMILES string of the molecule is CC(=O)OCCc1c(C)[nH]c2ccc(NCS(=O)O)cc12. The molecule has 1 heterocycles. The van der Waals surface area contributed by atoms with Gasteiger partial charge >= 0.3 is 5.97 Å². The first-order valence-electron chi connectivity index (χ1n) is 6.53. The number of carbonyl (C=O) groups excluding carboxylic acids is 1. The average Bonchev–Trinajstić information content (AvgIpc) is 2.72. The fraction of sp³-hybridized carbons (Fsp3) is 0.357. The Hall–Kier alpha value is -1.86. The Morgan fingerprint density at radius 3 is 2.90 bits per heavy atom. The van der Waals surface area contributed by atoms with Gasteiger partial charge in [-0.15, -0.1) is 0 Å². The Kier molecular flexibility index (Phi) is 4.98. The highest BCUT2D eigenvalue weighted by atomic mass is 32.2. The highest BCUT2D eigenvalue weighted by Crippen LogP contribution is 2.25. The summed E-state index contributed by atoms with van der Waals surface area (Å²) in [7, 11) is 0. The van der Waals surface area contributed by atoms with E-state index in [0.29, 0.717) is 13.0 Å². The molecule has 6 nitrogen and oxygen atoms in total. The van der Waals surface area contributed by atoms with Crippen LogP contribution in [-0.4, -0.2) is 32.2 Å². The predicted molar refractivity (Wildman–Crippen MR) is 82.6 cm³/mol. The minimum absolute atomic E-state index is 0.0162. The van der Waals surface area contributed by atoms with E-state index in [2.05, 4.69) is 10.3 Å². The maximum Gasteiger partial charge on any atom is 0.302 e. The van der Waals surface area contributed by atoms with Crippen LogP contribution in [0.5, 0.6) is 0 Å². The first-order valence-corrected chi connectivity index (χ1v) is 7.81. The number of hydrogen-bond donors (Lipinski definition) is 3. The van der Waals surface area contributed by atoms with E-state index in [1.54, 1.807) is 0 Å². The summed E-state index contributed by atoms with van der Waals surface area (Å²) in [6.07, 6.45) is 0.626. The largest absolute Gasteiger partial charge is 0.466 e. The van der Waals surface area contributed by atoms with Crippen LogP contribution < -0.4 is 5.32 Å². The predicted octanol–water partition coefficient (Wildman–Crippen LogP) is 2.17. The number of aryl methyl sites for hydroxylation is 1. The highest BCUT2D eigenvalue weighted by molar-refractivity contribution is 7.79. The molecule has 3 N–H and O–H groups in total. The third-order valence-electron chi connectivity index (χ3n) is 3.18. The molecule has 2 rings (SSSR count). The molecule has 0 spiro atoms. The van der Waals surface area contributed by atoms with Gasteiger partial charge in [0.15, 0.2) is 11.1 Å². The van der Waals surface area contributed by atoms with Crippen molar-refractivity contribution in [2.24, 2.45) is 0 Å². The van der Waals surface area contributed by atoms with E-state index in [-0.39, 0.29) is 11.8 Å². The van der Waals surface area contributed by atoms with E-state index >= 15 is 0 Å². The maximum absolute atomic E-state index is 10.8. The lowest BCUT2D eigenvalue weighted by molar-refractivity contribution is -0.140. The second-order valence-corrected chi connectivity index (χ2v) is 5.65. The highest BCUT2D eigenvalue weighted by Gasteiger charge is 2.10.